The van der Waals surface area contributed by atoms with Gasteiger partial charge in [0.25, 0.3) is 5.69 Å². The van der Waals surface area contributed by atoms with Gasteiger partial charge in [-0.05, 0) is 15.9 Å². The molecule has 0 radical (unpaired) electrons. The van der Waals surface area contributed by atoms with E-state index in [0.29, 0.717) is 5.82 Å². The minimum absolute atomic E-state index is 0.00776. The number of halogens is 1. The highest BCUT2D eigenvalue weighted by atomic mass is 79.9. The Bertz CT molecular complexity index is 511. The average Bonchev–Trinajstić information content (AvgIpc) is 2.65. The van der Waals surface area contributed by atoms with Crippen LogP contribution in [0.2, 0.25) is 0 Å². The lowest BCUT2D eigenvalue weighted by Gasteiger charge is -1.98. The van der Waals surface area contributed by atoms with Crippen molar-refractivity contribution in [3.05, 3.63) is 45.3 Å². The number of rotatable bonds is 2. The topological polar surface area (TPSA) is 73.8 Å². The first kappa shape index (κ1) is 9.78. The Morgan fingerprint density at radius 2 is 2.33 bits per heavy atom. The predicted molar refractivity (Wildman–Crippen MR) is 55.7 cm³/mol. The maximum absolute atomic E-state index is 10.5. The second-order valence-corrected chi connectivity index (χ2v) is 3.65. The second-order valence-electron chi connectivity index (χ2n) is 2.73. The molecule has 0 atom stereocenters. The molecular weight excluding hydrogens is 264 g/mol. The summed E-state index contributed by atoms with van der Waals surface area (Å²) >= 11 is 3.23. The lowest BCUT2D eigenvalue weighted by Crippen LogP contribution is -1.98. The van der Waals surface area contributed by atoms with E-state index in [1.165, 1.54) is 23.0 Å². The standard InChI is InChI=1S/C8H5BrN4O2/c9-6-4-11-12(5-6)8-3-7(13(14)15)1-2-10-8/h1-5H. The van der Waals surface area contributed by atoms with Crippen LogP contribution in [0.25, 0.3) is 5.82 Å². The summed E-state index contributed by atoms with van der Waals surface area (Å²) in [6.45, 7) is 0. The van der Waals surface area contributed by atoms with Gasteiger partial charge in [0.2, 0.25) is 0 Å². The molecule has 0 aromatic carbocycles. The van der Waals surface area contributed by atoms with Crippen LogP contribution >= 0.6 is 15.9 Å². The molecule has 0 bridgehead atoms. The van der Waals surface area contributed by atoms with Gasteiger partial charge in [0.1, 0.15) is 0 Å². The van der Waals surface area contributed by atoms with Gasteiger partial charge in [0, 0.05) is 18.5 Å². The van der Waals surface area contributed by atoms with E-state index in [4.69, 9.17) is 0 Å². The monoisotopic (exact) mass is 268 g/mol. The molecule has 0 aliphatic rings. The summed E-state index contributed by atoms with van der Waals surface area (Å²) < 4.78 is 2.24. The summed E-state index contributed by atoms with van der Waals surface area (Å²) in [5, 5.41) is 14.5. The molecule has 15 heavy (non-hydrogen) atoms. The third-order valence-corrected chi connectivity index (χ3v) is 2.14. The van der Waals surface area contributed by atoms with Gasteiger partial charge in [0.15, 0.2) is 5.82 Å². The molecule has 0 spiro atoms. The zero-order chi connectivity index (χ0) is 10.8. The van der Waals surface area contributed by atoms with Gasteiger partial charge in [-0.1, -0.05) is 0 Å². The molecule has 0 aliphatic heterocycles. The van der Waals surface area contributed by atoms with Crippen LogP contribution in [0.1, 0.15) is 0 Å². The summed E-state index contributed by atoms with van der Waals surface area (Å²) in [6.07, 6.45) is 4.63. The number of hydrogen-bond acceptors (Lipinski definition) is 4. The van der Waals surface area contributed by atoms with Crippen LogP contribution in [-0.4, -0.2) is 19.7 Å². The molecule has 0 fully saturated rings. The third-order valence-electron chi connectivity index (χ3n) is 1.73. The Morgan fingerprint density at radius 3 is 2.93 bits per heavy atom. The molecule has 2 aromatic heterocycles. The van der Waals surface area contributed by atoms with Gasteiger partial charge < -0.3 is 0 Å². The van der Waals surface area contributed by atoms with Crippen molar-refractivity contribution in [3.8, 4) is 5.82 Å². The van der Waals surface area contributed by atoms with E-state index in [1.54, 1.807) is 12.4 Å². The number of aromatic nitrogens is 3. The fourth-order valence-electron chi connectivity index (χ4n) is 1.07. The molecule has 2 heterocycles. The van der Waals surface area contributed by atoms with Crippen molar-refractivity contribution in [2.24, 2.45) is 0 Å². The molecule has 2 aromatic rings. The smallest absolute Gasteiger partial charge is 0.258 e. The largest absolute Gasteiger partial charge is 0.274 e. The van der Waals surface area contributed by atoms with Crippen molar-refractivity contribution >= 4 is 21.6 Å². The maximum atomic E-state index is 10.5. The van der Waals surface area contributed by atoms with Crippen molar-refractivity contribution in [1.82, 2.24) is 14.8 Å². The van der Waals surface area contributed by atoms with E-state index >= 15 is 0 Å². The van der Waals surface area contributed by atoms with Crippen LogP contribution in [0.5, 0.6) is 0 Å². The first-order chi connectivity index (χ1) is 7.16. The highest BCUT2D eigenvalue weighted by molar-refractivity contribution is 9.10. The summed E-state index contributed by atoms with van der Waals surface area (Å²) in [6, 6.07) is 2.70. The van der Waals surface area contributed by atoms with Crippen LogP contribution in [0.15, 0.2) is 35.2 Å². The van der Waals surface area contributed by atoms with E-state index in [9.17, 15) is 10.1 Å². The summed E-state index contributed by atoms with van der Waals surface area (Å²) in [7, 11) is 0. The van der Waals surface area contributed by atoms with Crippen LogP contribution in [0.3, 0.4) is 0 Å². The fraction of sp³-hybridized carbons (Fsp3) is 0. The van der Waals surface area contributed by atoms with Gasteiger partial charge in [0.05, 0.1) is 21.7 Å². The highest BCUT2D eigenvalue weighted by Crippen LogP contribution is 2.15. The van der Waals surface area contributed by atoms with Gasteiger partial charge in [-0.3, -0.25) is 10.1 Å². The molecule has 76 valence electrons. The molecule has 0 saturated carbocycles. The number of hydrogen-bond donors (Lipinski definition) is 0. The Hall–Kier alpha value is -1.76. The zero-order valence-corrected chi connectivity index (χ0v) is 8.96. The molecule has 7 heteroatoms. The van der Waals surface area contributed by atoms with E-state index in [-0.39, 0.29) is 5.69 Å². The van der Waals surface area contributed by atoms with Crippen LogP contribution in [0, 0.1) is 10.1 Å². The third kappa shape index (κ3) is 2.01. The van der Waals surface area contributed by atoms with Crippen LogP contribution in [0.4, 0.5) is 5.69 Å². The second kappa shape index (κ2) is 3.77. The summed E-state index contributed by atoms with van der Waals surface area (Å²) in [4.78, 5) is 14.0. The number of nitro groups is 1. The lowest BCUT2D eigenvalue weighted by atomic mass is 10.4. The summed E-state index contributed by atoms with van der Waals surface area (Å²) in [5.41, 5.74) is -0.00776. The van der Waals surface area contributed by atoms with Gasteiger partial charge >= 0.3 is 0 Å². The fourth-order valence-corrected chi connectivity index (χ4v) is 1.36. The molecule has 2 rings (SSSR count). The van der Waals surface area contributed by atoms with Gasteiger partial charge in [-0.2, -0.15) is 5.10 Å². The van der Waals surface area contributed by atoms with Crippen LogP contribution in [-0.2, 0) is 0 Å². The lowest BCUT2D eigenvalue weighted by molar-refractivity contribution is -0.384. The minimum atomic E-state index is -0.469. The first-order valence-electron chi connectivity index (χ1n) is 3.98. The van der Waals surface area contributed by atoms with Gasteiger partial charge in [-0.15, -0.1) is 0 Å². The Morgan fingerprint density at radius 1 is 1.53 bits per heavy atom. The molecule has 0 amide bonds. The Kier molecular flexibility index (Phi) is 2.46. The predicted octanol–water partition coefficient (Wildman–Crippen LogP) is 1.94. The molecule has 6 nitrogen and oxygen atoms in total. The van der Waals surface area contributed by atoms with Crippen molar-refractivity contribution in [2.75, 3.05) is 0 Å². The van der Waals surface area contributed by atoms with Gasteiger partial charge in [-0.25, -0.2) is 9.67 Å². The highest BCUT2D eigenvalue weighted by Gasteiger charge is 2.08. The average molecular weight is 269 g/mol. The van der Waals surface area contributed by atoms with E-state index < -0.39 is 4.92 Å². The molecule has 0 aliphatic carbocycles. The summed E-state index contributed by atoms with van der Waals surface area (Å²) in [5.74, 6) is 0.412. The molecule has 0 N–H and O–H groups in total. The molecule has 0 unspecified atom stereocenters. The van der Waals surface area contributed by atoms with Crippen molar-refractivity contribution in [1.29, 1.82) is 0 Å². The van der Waals surface area contributed by atoms with Crippen molar-refractivity contribution < 1.29 is 4.92 Å². The van der Waals surface area contributed by atoms with E-state index in [1.807, 2.05) is 0 Å². The Labute approximate surface area is 92.8 Å². The van der Waals surface area contributed by atoms with E-state index in [0.717, 1.165) is 4.47 Å². The van der Waals surface area contributed by atoms with Crippen molar-refractivity contribution in [3.63, 3.8) is 0 Å². The van der Waals surface area contributed by atoms with E-state index in [2.05, 4.69) is 26.0 Å². The number of nitrogens with zero attached hydrogens (tertiary/aromatic N) is 4. The van der Waals surface area contributed by atoms with Crippen molar-refractivity contribution in [2.45, 2.75) is 0 Å². The SMILES string of the molecule is O=[N+]([O-])c1ccnc(-n2cc(Br)cn2)c1. The molecular formula is C8H5BrN4O2. The quantitative estimate of drug-likeness (QED) is 0.616. The Balaban J connectivity index is 2.45. The zero-order valence-electron chi connectivity index (χ0n) is 7.37. The normalized spacial score (nSPS) is 10.2. The number of pyridine rings is 1. The van der Waals surface area contributed by atoms with Crippen LogP contribution < -0.4 is 0 Å². The maximum Gasteiger partial charge on any atom is 0.274 e. The minimum Gasteiger partial charge on any atom is -0.258 e. The molecule has 0 saturated heterocycles. The first-order valence-corrected chi connectivity index (χ1v) is 4.77.